The molecule has 0 spiro atoms. The van der Waals surface area contributed by atoms with Gasteiger partial charge in [0, 0.05) is 13.1 Å². The minimum atomic E-state index is -0.469. The summed E-state index contributed by atoms with van der Waals surface area (Å²) in [6.07, 6.45) is 2.64. The molecule has 1 aromatic rings. The van der Waals surface area contributed by atoms with Gasteiger partial charge in [0.25, 0.3) is 0 Å². The second-order valence-electron chi connectivity index (χ2n) is 2.10. The zero-order chi connectivity index (χ0) is 8.97. The molecule has 0 aliphatic heterocycles. The summed E-state index contributed by atoms with van der Waals surface area (Å²) in [5, 5.41) is 8.76. The van der Waals surface area contributed by atoms with E-state index in [0.717, 1.165) is 0 Å². The number of aliphatic hydroxyl groups is 1. The second kappa shape index (κ2) is 3.77. The van der Waals surface area contributed by atoms with E-state index in [1.165, 1.54) is 19.4 Å². The summed E-state index contributed by atoms with van der Waals surface area (Å²) in [5.41, 5.74) is 0.396. The van der Waals surface area contributed by atoms with Gasteiger partial charge in [-0.25, -0.2) is 9.97 Å². The molecule has 0 aromatic carbocycles. The third kappa shape index (κ3) is 2.00. The maximum absolute atomic E-state index is 10.5. The number of hydrogen-bond acceptors (Lipinski definition) is 5. The van der Waals surface area contributed by atoms with Gasteiger partial charge in [-0.3, -0.25) is 4.79 Å². The van der Waals surface area contributed by atoms with Crippen LogP contribution in [0.1, 0.15) is 12.5 Å². The Balaban J connectivity index is 2.89. The Labute approximate surface area is 69.0 Å². The molecule has 1 aromatic heterocycles. The van der Waals surface area contributed by atoms with E-state index in [1.54, 1.807) is 0 Å². The Bertz CT molecular complexity index is 288. The average Bonchev–Trinajstić information content (AvgIpc) is 2.04. The van der Waals surface area contributed by atoms with Crippen molar-refractivity contribution < 1.29 is 14.6 Å². The van der Waals surface area contributed by atoms with Crippen molar-refractivity contribution in [3.8, 4) is 5.88 Å². The van der Waals surface area contributed by atoms with Gasteiger partial charge >= 0.3 is 5.97 Å². The zero-order valence-electron chi connectivity index (χ0n) is 6.52. The number of ether oxygens (including phenoxy) is 1. The number of esters is 1. The van der Waals surface area contributed by atoms with Gasteiger partial charge in [-0.1, -0.05) is 0 Å². The van der Waals surface area contributed by atoms with Gasteiger partial charge in [-0.05, 0) is 0 Å². The van der Waals surface area contributed by atoms with Crippen molar-refractivity contribution in [2.24, 2.45) is 0 Å². The van der Waals surface area contributed by atoms with E-state index in [4.69, 9.17) is 5.11 Å². The molecule has 0 saturated carbocycles. The first-order valence-electron chi connectivity index (χ1n) is 3.32. The maximum atomic E-state index is 10.5. The molecule has 0 saturated heterocycles. The number of carbonyl (C=O) groups excluding carboxylic acids is 1. The van der Waals surface area contributed by atoms with Crippen LogP contribution in [0.15, 0.2) is 12.5 Å². The quantitative estimate of drug-likeness (QED) is 0.624. The van der Waals surface area contributed by atoms with E-state index in [9.17, 15) is 4.79 Å². The molecule has 1 rings (SSSR count). The smallest absolute Gasteiger partial charge is 0.309 e. The van der Waals surface area contributed by atoms with Gasteiger partial charge in [0.1, 0.15) is 6.33 Å². The normalized spacial score (nSPS) is 9.50. The van der Waals surface area contributed by atoms with Crippen LogP contribution < -0.4 is 4.74 Å². The molecule has 0 amide bonds. The van der Waals surface area contributed by atoms with Crippen LogP contribution in [-0.2, 0) is 11.4 Å². The van der Waals surface area contributed by atoms with E-state index in [-0.39, 0.29) is 12.5 Å². The van der Waals surface area contributed by atoms with Crippen LogP contribution in [0.5, 0.6) is 5.88 Å². The van der Waals surface area contributed by atoms with Crippen LogP contribution in [0.2, 0.25) is 0 Å². The lowest BCUT2D eigenvalue weighted by Crippen LogP contribution is -2.06. The van der Waals surface area contributed by atoms with Gasteiger partial charge in [-0.2, -0.15) is 0 Å². The molecule has 5 heteroatoms. The van der Waals surface area contributed by atoms with Crippen molar-refractivity contribution in [3.63, 3.8) is 0 Å². The average molecular weight is 168 g/mol. The fourth-order valence-electron chi connectivity index (χ4n) is 0.684. The van der Waals surface area contributed by atoms with Gasteiger partial charge in [0.05, 0.1) is 12.2 Å². The summed E-state index contributed by atoms with van der Waals surface area (Å²) in [4.78, 5) is 17.9. The molecule has 0 bridgehead atoms. The first-order valence-corrected chi connectivity index (χ1v) is 3.32. The van der Waals surface area contributed by atoms with Crippen molar-refractivity contribution in [1.82, 2.24) is 9.97 Å². The first-order chi connectivity index (χ1) is 5.74. The largest absolute Gasteiger partial charge is 0.407 e. The zero-order valence-corrected chi connectivity index (χ0v) is 6.52. The molecule has 1 heterocycles. The van der Waals surface area contributed by atoms with Gasteiger partial charge in [-0.15, -0.1) is 0 Å². The molecule has 0 unspecified atom stereocenters. The highest BCUT2D eigenvalue weighted by Crippen LogP contribution is 2.12. The lowest BCUT2D eigenvalue weighted by atomic mass is 10.3. The van der Waals surface area contributed by atoms with Crippen molar-refractivity contribution in [2.45, 2.75) is 13.5 Å². The van der Waals surface area contributed by atoms with Crippen LogP contribution in [0.4, 0.5) is 0 Å². The number of rotatable bonds is 2. The Hall–Kier alpha value is -1.49. The Morgan fingerprint density at radius 2 is 2.50 bits per heavy atom. The fourth-order valence-corrected chi connectivity index (χ4v) is 0.684. The van der Waals surface area contributed by atoms with E-state index >= 15 is 0 Å². The van der Waals surface area contributed by atoms with Crippen molar-refractivity contribution in [2.75, 3.05) is 0 Å². The van der Waals surface area contributed by atoms with Gasteiger partial charge in [0.15, 0.2) is 0 Å². The molecule has 64 valence electrons. The van der Waals surface area contributed by atoms with Crippen LogP contribution in [0, 0.1) is 0 Å². The SMILES string of the molecule is CC(=O)Oc1ncncc1CO. The predicted octanol–water partition coefficient (Wildman–Crippen LogP) is -0.106. The molecule has 0 atom stereocenters. The van der Waals surface area contributed by atoms with E-state index in [0.29, 0.717) is 5.56 Å². The summed E-state index contributed by atoms with van der Waals surface area (Å²) in [6.45, 7) is 1.02. The molecule has 0 radical (unpaired) electrons. The molecule has 1 N–H and O–H groups in total. The highest BCUT2D eigenvalue weighted by Gasteiger charge is 2.05. The molecule has 0 fully saturated rings. The highest BCUT2D eigenvalue weighted by molar-refractivity contribution is 5.69. The number of aromatic nitrogens is 2. The standard InChI is InChI=1S/C7H8N2O3/c1-5(11)12-7-6(3-10)2-8-4-9-7/h2,4,10H,3H2,1H3. The minimum absolute atomic E-state index is 0.111. The third-order valence-corrected chi connectivity index (χ3v) is 1.16. The van der Waals surface area contributed by atoms with E-state index < -0.39 is 5.97 Å². The van der Waals surface area contributed by atoms with Crippen molar-refractivity contribution in [1.29, 1.82) is 0 Å². The summed E-state index contributed by atoms with van der Waals surface area (Å²) in [6, 6.07) is 0. The molecule has 0 aliphatic carbocycles. The van der Waals surface area contributed by atoms with Crippen molar-refractivity contribution in [3.05, 3.63) is 18.1 Å². The maximum Gasteiger partial charge on any atom is 0.309 e. The van der Waals surface area contributed by atoms with Crippen LogP contribution in [0.25, 0.3) is 0 Å². The first kappa shape index (κ1) is 8.61. The molecule has 0 aliphatic rings. The van der Waals surface area contributed by atoms with Crippen LogP contribution in [0.3, 0.4) is 0 Å². The Kier molecular flexibility index (Phi) is 2.71. The summed E-state index contributed by atoms with van der Waals surface area (Å²) in [7, 11) is 0. The Morgan fingerprint density at radius 1 is 1.75 bits per heavy atom. The highest BCUT2D eigenvalue weighted by atomic mass is 16.5. The number of hydrogen-bond donors (Lipinski definition) is 1. The van der Waals surface area contributed by atoms with Crippen LogP contribution in [-0.4, -0.2) is 21.0 Å². The monoisotopic (exact) mass is 168 g/mol. The molecular weight excluding hydrogens is 160 g/mol. The fraction of sp³-hybridized carbons (Fsp3) is 0.286. The van der Waals surface area contributed by atoms with E-state index in [2.05, 4.69) is 14.7 Å². The molecular formula is C7H8N2O3. The summed E-state index contributed by atoms with van der Waals surface area (Å²) < 4.78 is 4.69. The minimum Gasteiger partial charge on any atom is -0.407 e. The third-order valence-electron chi connectivity index (χ3n) is 1.16. The van der Waals surface area contributed by atoms with Crippen LogP contribution >= 0.6 is 0 Å². The summed E-state index contributed by atoms with van der Waals surface area (Å²) >= 11 is 0. The van der Waals surface area contributed by atoms with E-state index in [1.807, 2.05) is 0 Å². The number of aliphatic hydroxyl groups excluding tert-OH is 1. The predicted molar refractivity (Wildman–Crippen MR) is 39.3 cm³/mol. The number of nitrogens with zero attached hydrogens (tertiary/aromatic N) is 2. The van der Waals surface area contributed by atoms with Crippen molar-refractivity contribution >= 4 is 5.97 Å². The summed E-state index contributed by atoms with van der Waals surface area (Å²) in [5.74, 6) is -0.358. The molecule has 12 heavy (non-hydrogen) atoms. The second-order valence-corrected chi connectivity index (χ2v) is 2.10. The van der Waals surface area contributed by atoms with Gasteiger partial charge in [0.2, 0.25) is 5.88 Å². The topological polar surface area (TPSA) is 72.3 Å². The lowest BCUT2D eigenvalue weighted by molar-refractivity contribution is -0.132. The molecule has 5 nitrogen and oxygen atoms in total. The lowest BCUT2D eigenvalue weighted by Gasteiger charge is -2.02. The Morgan fingerprint density at radius 3 is 3.08 bits per heavy atom. The van der Waals surface area contributed by atoms with Gasteiger partial charge < -0.3 is 9.84 Å². The number of carbonyl (C=O) groups is 1.